The van der Waals surface area contributed by atoms with Gasteiger partial charge in [-0.1, -0.05) is 0 Å². The summed E-state index contributed by atoms with van der Waals surface area (Å²) in [5.74, 6) is 0.912. The Morgan fingerprint density at radius 2 is 1.93 bits per heavy atom. The first-order valence-electron chi connectivity index (χ1n) is 5.02. The summed E-state index contributed by atoms with van der Waals surface area (Å²) in [6.07, 6.45) is 0. The average Bonchev–Trinajstić information content (AvgIpc) is 2.18. The zero-order valence-electron chi connectivity index (χ0n) is 8.67. The Balaban J connectivity index is 2.21. The molecule has 0 aromatic carbocycles. The van der Waals surface area contributed by atoms with E-state index in [0.717, 1.165) is 36.8 Å². The summed E-state index contributed by atoms with van der Waals surface area (Å²) >= 11 is 0. The average molecular weight is 192 g/mol. The van der Waals surface area contributed by atoms with E-state index >= 15 is 0 Å². The van der Waals surface area contributed by atoms with Gasteiger partial charge in [-0.05, 0) is 19.9 Å². The Kier molecular flexibility index (Phi) is 2.74. The second-order valence-electron chi connectivity index (χ2n) is 3.72. The van der Waals surface area contributed by atoms with Crippen molar-refractivity contribution in [2.45, 2.75) is 19.9 Å². The number of hydrogen-bond acceptors (Lipinski definition) is 4. The Bertz CT molecular complexity index is 298. The number of aryl methyl sites for hydroxylation is 2. The lowest BCUT2D eigenvalue weighted by molar-refractivity contribution is 0.414. The first-order chi connectivity index (χ1) is 6.75. The molecule has 1 fully saturated rings. The molecule has 0 aliphatic carbocycles. The van der Waals surface area contributed by atoms with Crippen molar-refractivity contribution in [3.05, 3.63) is 23.3 Å². The smallest absolute Gasteiger partial charge is 0.147 e. The third-order valence-electron chi connectivity index (χ3n) is 2.35. The molecule has 76 valence electrons. The molecule has 1 aliphatic heterocycles. The second-order valence-corrected chi connectivity index (χ2v) is 3.72. The van der Waals surface area contributed by atoms with Gasteiger partial charge in [0, 0.05) is 31.0 Å². The molecule has 2 rings (SSSR count). The van der Waals surface area contributed by atoms with E-state index in [1.807, 2.05) is 19.9 Å². The van der Waals surface area contributed by atoms with Crippen LogP contribution in [0.3, 0.4) is 0 Å². The van der Waals surface area contributed by atoms with Crippen molar-refractivity contribution in [1.82, 2.24) is 20.6 Å². The van der Waals surface area contributed by atoms with Crippen LogP contribution < -0.4 is 10.6 Å². The zero-order chi connectivity index (χ0) is 9.97. The van der Waals surface area contributed by atoms with Crippen molar-refractivity contribution in [2.75, 3.05) is 19.6 Å². The fourth-order valence-corrected chi connectivity index (χ4v) is 1.74. The number of nitrogens with zero attached hydrogens (tertiary/aromatic N) is 2. The Morgan fingerprint density at radius 3 is 2.50 bits per heavy atom. The largest absolute Gasteiger partial charge is 0.313 e. The SMILES string of the molecule is Cc1cc(C)nc(C2CNCCN2)n1. The maximum atomic E-state index is 4.44. The van der Waals surface area contributed by atoms with Crippen LogP contribution in [0.5, 0.6) is 0 Å². The first-order valence-corrected chi connectivity index (χ1v) is 5.02. The highest BCUT2D eigenvalue weighted by molar-refractivity contribution is 5.11. The summed E-state index contributed by atoms with van der Waals surface area (Å²) < 4.78 is 0. The minimum atomic E-state index is 0.266. The van der Waals surface area contributed by atoms with E-state index in [0.29, 0.717) is 0 Å². The van der Waals surface area contributed by atoms with Gasteiger partial charge in [0.15, 0.2) is 0 Å². The molecule has 14 heavy (non-hydrogen) atoms. The summed E-state index contributed by atoms with van der Waals surface area (Å²) in [5.41, 5.74) is 2.08. The van der Waals surface area contributed by atoms with Gasteiger partial charge in [-0.3, -0.25) is 0 Å². The van der Waals surface area contributed by atoms with Gasteiger partial charge in [0.1, 0.15) is 5.82 Å². The summed E-state index contributed by atoms with van der Waals surface area (Å²) in [6.45, 7) is 6.95. The molecule has 4 nitrogen and oxygen atoms in total. The lowest BCUT2D eigenvalue weighted by atomic mass is 10.2. The van der Waals surface area contributed by atoms with Crippen molar-refractivity contribution < 1.29 is 0 Å². The maximum absolute atomic E-state index is 4.44. The molecular weight excluding hydrogens is 176 g/mol. The first kappa shape index (κ1) is 9.55. The van der Waals surface area contributed by atoms with Crippen LogP contribution in [0.4, 0.5) is 0 Å². The Labute approximate surface area is 84.2 Å². The van der Waals surface area contributed by atoms with E-state index in [2.05, 4.69) is 20.6 Å². The molecule has 0 radical (unpaired) electrons. The number of piperazine rings is 1. The van der Waals surface area contributed by atoms with Crippen molar-refractivity contribution in [3.8, 4) is 0 Å². The zero-order valence-corrected chi connectivity index (χ0v) is 8.67. The van der Waals surface area contributed by atoms with Gasteiger partial charge < -0.3 is 10.6 Å². The molecule has 1 aromatic rings. The van der Waals surface area contributed by atoms with Gasteiger partial charge in [0.05, 0.1) is 6.04 Å². The number of nitrogens with one attached hydrogen (secondary N) is 2. The number of hydrogen-bond donors (Lipinski definition) is 2. The lowest BCUT2D eigenvalue weighted by Gasteiger charge is -2.23. The predicted octanol–water partition coefficient (Wildman–Crippen LogP) is 0.327. The van der Waals surface area contributed by atoms with E-state index in [4.69, 9.17) is 0 Å². The fraction of sp³-hybridized carbons (Fsp3) is 0.600. The maximum Gasteiger partial charge on any atom is 0.147 e. The molecule has 0 amide bonds. The van der Waals surface area contributed by atoms with Crippen LogP contribution in [-0.2, 0) is 0 Å². The fourth-order valence-electron chi connectivity index (χ4n) is 1.74. The molecule has 4 heteroatoms. The third-order valence-corrected chi connectivity index (χ3v) is 2.35. The molecule has 2 N–H and O–H groups in total. The van der Waals surface area contributed by atoms with Crippen LogP contribution in [0.1, 0.15) is 23.3 Å². The van der Waals surface area contributed by atoms with Crippen LogP contribution in [0.2, 0.25) is 0 Å². The molecular formula is C10H16N4. The van der Waals surface area contributed by atoms with Crippen LogP contribution in [0, 0.1) is 13.8 Å². The number of rotatable bonds is 1. The van der Waals surface area contributed by atoms with E-state index in [-0.39, 0.29) is 6.04 Å². The molecule has 1 aromatic heterocycles. The van der Waals surface area contributed by atoms with E-state index in [1.54, 1.807) is 0 Å². The highest BCUT2D eigenvalue weighted by Crippen LogP contribution is 2.10. The second kappa shape index (κ2) is 4.02. The normalized spacial score (nSPS) is 22.3. The highest BCUT2D eigenvalue weighted by Gasteiger charge is 2.17. The molecule has 0 saturated carbocycles. The molecule has 1 saturated heterocycles. The van der Waals surface area contributed by atoms with Crippen LogP contribution in [0.25, 0.3) is 0 Å². The number of aromatic nitrogens is 2. The van der Waals surface area contributed by atoms with Gasteiger partial charge in [0.2, 0.25) is 0 Å². The molecule has 0 spiro atoms. The molecule has 2 heterocycles. The minimum Gasteiger partial charge on any atom is -0.313 e. The quantitative estimate of drug-likeness (QED) is 0.673. The molecule has 1 aliphatic rings. The summed E-state index contributed by atoms with van der Waals surface area (Å²) in [6, 6.07) is 2.27. The molecule has 1 unspecified atom stereocenters. The van der Waals surface area contributed by atoms with Gasteiger partial charge >= 0.3 is 0 Å². The third kappa shape index (κ3) is 2.08. The van der Waals surface area contributed by atoms with Crippen LogP contribution in [0.15, 0.2) is 6.07 Å². The Hall–Kier alpha value is -1.00. The van der Waals surface area contributed by atoms with Gasteiger partial charge in [-0.2, -0.15) is 0 Å². The predicted molar refractivity (Wildman–Crippen MR) is 55.1 cm³/mol. The summed E-state index contributed by atoms with van der Waals surface area (Å²) in [7, 11) is 0. The standard InChI is InChI=1S/C10H16N4/c1-7-5-8(2)14-10(13-7)9-6-11-3-4-12-9/h5,9,11-12H,3-4,6H2,1-2H3. The van der Waals surface area contributed by atoms with E-state index < -0.39 is 0 Å². The van der Waals surface area contributed by atoms with Crippen molar-refractivity contribution in [3.63, 3.8) is 0 Å². The monoisotopic (exact) mass is 192 g/mol. The van der Waals surface area contributed by atoms with Crippen molar-refractivity contribution in [1.29, 1.82) is 0 Å². The van der Waals surface area contributed by atoms with Gasteiger partial charge in [-0.15, -0.1) is 0 Å². The highest BCUT2D eigenvalue weighted by atomic mass is 15.1. The van der Waals surface area contributed by atoms with Crippen molar-refractivity contribution in [2.24, 2.45) is 0 Å². The molecule has 1 atom stereocenters. The van der Waals surface area contributed by atoms with E-state index in [9.17, 15) is 0 Å². The van der Waals surface area contributed by atoms with Crippen molar-refractivity contribution >= 4 is 0 Å². The molecule has 0 bridgehead atoms. The van der Waals surface area contributed by atoms with Gasteiger partial charge in [-0.25, -0.2) is 9.97 Å². The summed E-state index contributed by atoms with van der Waals surface area (Å²) in [4.78, 5) is 8.89. The topological polar surface area (TPSA) is 49.8 Å². The minimum absolute atomic E-state index is 0.266. The lowest BCUT2D eigenvalue weighted by Crippen LogP contribution is -2.43. The summed E-state index contributed by atoms with van der Waals surface area (Å²) in [5, 5.41) is 6.73. The van der Waals surface area contributed by atoms with Gasteiger partial charge in [0.25, 0.3) is 0 Å². The van der Waals surface area contributed by atoms with E-state index in [1.165, 1.54) is 0 Å². The van der Waals surface area contributed by atoms with Crippen LogP contribution >= 0.6 is 0 Å². The van der Waals surface area contributed by atoms with Crippen LogP contribution in [-0.4, -0.2) is 29.6 Å². The Morgan fingerprint density at radius 1 is 1.21 bits per heavy atom.